The van der Waals surface area contributed by atoms with Gasteiger partial charge in [0.1, 0.15) is 0 Å². The molecule has 0 saturated heterocycles. The lowest BCUT2D eigenvalue weighted by Gasteiger charge is -2.30. The Morgan fingerprint density at radius 1 is 1.21 bits per heavy atom. The number of anilines is 1. The van der Waals surface area contributed by atoms with Crippen molar-refractivity contribution in [2.45, 2.75) is 51.2 Å². The Morgan fingerprint density at radius 2 is 1.84 bits per heavy atom. The van der Waals surface area contributed by atoms with Crippen molar-refractivity contribution in [2.24, 2.45) is 0 Å². The first-order valence-corrected chi connectivity index (χ1v) is 7.41. The molecule has 0 aromatic heterocycles. The van der Waals surface area contributed by atoms with Crippen LogP contribution in [0, 0.1) is 0 Å². The first-order valence-electron chi connectivity index (χ1n) is 7.41. The Kier molecular flexibility index (Phi) is 5.23. The topological polar surface area (TPSA) is 43.7 Å². The van der Waals surface area contributed by atoms with Crippen molar-refractivity contribution in [1.29, 1.82) is 0 Å². The lowest BCUT2D eigenvalue weighted by Crippen LogP contribution is -2.35. The highest BCUT2D eigenvalue weighted by Gasteiger charge is 2.22. The predicted octanol–water partition coefficient (Wildman–Crippen LogP) is 2.87. The molecule has 0 radical (unpaired) electrons. The predicted molar refractivity (Wildman–Crippen MR) is 78.4 cm³/mol. The molecule has 2 N–H and O–H groups in total. The molecule has 3 heteroatoms. The van der Waals surface area contributed by atoms with E-state index in [-0.39, 0.29) is 12.7 Å². The first kappa shape index (κ1) is 14.4. The van der Waals surface area contributed by atoms with Gasteiger partial charge in [-0.15, -0.1) is 0 Å². The van der Waals surface area contributed by atoms with Crippen LogP contribution in [0.25, 0.3) is 0 Å². The number of benzene rings is 1. The molecule has 0 spiro atoms. The normalized spacial score (nSPS) is 17.6. The van der Waals surface area contributed by atoms with Crippen molar-refractivity contribution in [3.05, 3.63) is 29.8 Å². The van der Waals surface area contributed by atoms with Crippen LogP contribution >= 0.6 is 0 Å². The zero-order valence-electron chi connectivity index (χ0n) is 11.8. The molecule has 1 aliphatic rings. The van der Waals surface area contributed by atoms with Gasteiger partial charge in [-0.05, 0) is 37.0 Å². The third kappa shape index (κ3) is 3.48. The average Bonchev–Trinajstić information content (AvgIpc) is 2.98. The molecule has 0 aliphatic heterocycles. The van der Waals surface area contributed by atoms with E-state index in [0.717, 1.165) is 17.7 Å². The quantitative estimate of drug-likeness (QED) is 0.829. The van der Waals surface area contributed by atoms with Crippen LogP contribution in [0.15, 0.2) is 24.3 Å². The second-order valence-corrected chi connectivity index (χ2v) is 5.37. The Balaban J connectivity index is 2.12. The minimum Gasteiger partial charge on any atom is -0.395 e. The van der Waals surface area contributed by atoms with Gasteiger partial charge in [0.25, 0.3) is 0 Å². The molecule has 1 aromatic rings. The van der Waals surface area contributed by atoms with Crippen LogP contribution in [0.5, 0.6) is 0 Å². The average molecular weight is 263 g/mol. The highest BCUT2D eigenvalue weighted by atomic mass is 16.3. The van der Waals surface area contributed by atoms with Crippen molar-refractivity contribution in [2.75, 3.05) is 18.1 Å². The molecule has 1 saturated carbocycles. The van der Waals surface area contributed by atoms with Gasteiger partial charge in [-0.25, -0.2) is 0 Å². The summed E-state index contributed by atoms with van der Waals surface area (Å²) in [4.78, 5) is 2.31. The summed E-state index contributed by atoms with van der Waals surface area (Å²) in [6, 6.07) is 8.71. The van der Waals surface area contributed by atoms with E-state index in [1.165, 1.54) is 25.7 Å². The standard InChI is InChI=1S/C16H25NO2/c1-2-16(19)13-7-9-15(10-8-13)17(11-12-18)14-5-3-4-6-14/h7-10,14,16,18-19H,2-6,11-12H2,1H3/t16-/m1/s1. The van der Waals surface area contributed by atoms with Crippen LogP contribution in [-0.2, 0) is 0 Å². The minimum absolute atomic E-state index is 0.190. The van der Waals surface area contributed by atoms with Crippen molar-refractivity contribution in [3.63, 3.8) is 0 Å². The highest BCUT2D eigenvalue weighted by Crippen LogP contribution is 2.29. The molecule has 19 heavy (non-hydrogen) atoms. The molecule has 0 bridgehead atoms. The molecule has 1 atom stereocenters. The van der Waals surface area contributed by atoms with E-state index in [0.29, 0.717) is 12.6 Å². The summed E-state index contributed by atoms with van der Waals surface area (Å²) in [6.07, 6.45) is 5.39. The fourth-order valence-electron chi connectivity index (χ4n) is 2.97. The fraction of sp³-hybridized carbons (Fsp3) is 0.625. The molecule has 106 valence electrons. The summed E-state index contributed by atoms with van der Waals surface area (Å²) < 4.78 is 0. The van der Waals surface area contributed by atoms with Crippen LogP contribution in [0.2, 0.25) is 0 Å². The van der Waals surface area contributed by atoms with Gasteiger partial charge in [-0.3, -0.25) is 0 Å². The number of rotatable bonds is 6. The summed E-state index contributed by atoms with van der Waals surface area (Å²) in [7, 11) is 0. The lowest BCUT2D eigenvalue weighted by atomic mass is 10.1. The molecule has 0 unspecified atom stereocenters. The molecule has 0 amide bonds. The van der Waals surface area contributed by atoms with E-state index < -0.39 is 0 Å². The molecule has 1 aliphatic carbocycles. The second kappa shape index (κ2) is 6.92. The second-order valence-electron chi connectivity index (χ2n) is 5.37. The van der Waals surface area contributed by atoms with Gasteiger partial charge in [0.2, 0.25) is 0 Å². The largest absolute Gasteiger partial charge is 0.395 e. The Hall–Kier alpha value is -1.06. The van der Waals surface area contributed by atoms with Crippen LogP contribution in [0.1, 0.15) is 50.7 Å². The van der Waals surface area contributed by atoms with Gasteiger partial charge in [-0.1, -0.05) is 31.9 Å². The molecule has 2 rings (SSSR count). The van der Waals surface area contributed by atoms with Crippen molar-refractivity contribution >= 4 is 5.69 Å². The number of nitrogens with zero attached hydrogens (tertiary/aromatic N) is 1. The number of aliphatic hydroxyl groups excluding tert-OH is 2. The van der Waals surface area contributed by atoms with E-state index in [1.54, 1.807) is 0 Å². The zero-order chi connectivity index (χ0) is 13.7. The maximum absolute atomic E-state index is 9.82. The van der Waals surface area contributed by atoms with Gasteiger partial charge in [0.05, 0.1) is 12.7 Å². The summed E-state index contributed by atoms with van der Waals surface area (Å²) in [5.74, 6) is 0. The van der Waals surface area contributed by atoms with E-state index >= 15 is 0 Å². The minimum atomic E-state index is -0.369. The molecular weight excluding hydrogens is 238 g/mol. The molecule has 0 heterocycles. The van der Waals surface area contributed by atoms with Gasteiger partial charge in [-0.2, -0.15) is 0 Å². The maximum Gasteiger partial charge on any atom is 0.0787 e. The van der Waals surface area contributed by atoms with Gasteiger partial charge in [0, 0.05) is 18.3 Å². The molecular formula is C16H25NO2. The van der Waals surface area contributed by atoms with Crippen LogP contribution in [0.3, 0.4) is 0 Å². The highest BCUT2D eigenvalue weighted by molar-refractivity contribution is 5.49. The summed E-state index contributed by atoms with van der Waals surface area (Å²) in [5.41, 5.74) is 2.13. The molecule has 1 aromatic carbocycles. The monoisotopic (exact) mass is 263 g/mol. The maximum atomic E-state index is 9.82. The van der Waals surface area contributed by atoms with Gasteiger partial charge < -0.3 is 15.1 Å². The van der Waals surface area contributed by atoms with E-state index in [1.807, 2.05) is 19.1 Å². The Morgan fingerprint density at radius 3 is 2.37 bits per heavy atom. The summed E-state index contributed by atoms with van der Waals surface area (Å²) in [5, 5.41) is 19.1. The summed E-state index contributed by atoms with van der Waals surface area (Å²) in [6.45, 7) is 2.87. The first-order chi connectivity index (χ1) is 9.26. The molecule has 3 nitrogen and oxygen atoms in total. The van der Waals surface area contributed by atoms with Gasteiger partial charge >= 0.3 is 0 Å². The van der Waals surface area contributed by atoms with E-state index in [9.17, 15) is 10.2 Å². The number of aliphatic hydroxyl groups is 2. The van der Waals surface area contributed by atoms with Crippen LogP contribution in [0.4, 0.5) is 5.69 Å². The van der Waals surface area contributed by atoms with Crippen LogP contribution in [-0.4, -0.2) is 29.4 Å². The lowest BCUT2D eigenvalue weighted by molar-refractivity contribution is 0.173. The SMILES string of the molecule is CC[C@@H](O)c1ccc(N(CCO)C2CCCC2)cc1. The Bertz CT molecular complexity index is 371. The Labute approximate surface area is 115 Å². The van der Waals surface area contributed by atoms with E-state index in [4.69, 9.17) is 0 Å². The van der Waals surface area contributed by atoms with Crippen LogP contribution < -0.4 is 4.90 Å². The third-order valence-electron chi connectivity index (χ3n) is 4.10. The number of hydrogen-bond donors (Lipinski definition) is 2. The van der Waals surface area contributed by atoms with Crippen molar-refractivity contribution in [3.8, 4) is 0 Å². The molecule has 1 fully saturated rings. The number of hydrogen-bond acceptors (Lipinski definition) is 3. The summed E-state index contributed by atoms with van der Waals surface area (Å²) >= 11 is 0. The van der Waals surface area contributed by atoms with Crippen molar-refractivity contribution in [1.82, 2.24) is 0 Å². The fourth-order valence-corrected chi connectivity index (χ4v) is 2.97. The van der Waals surface area contributed by atoms with Gasteiger partial charge in [0.15, 0.2) is 0 Å². The third-order valence-corrected chi connectivity index (χ3v) is 4.10. The van der Waals surface area contributed by atoms with E-state index in [2.05, 4.69) is 17.0 Å². The van der Waals surface area contributed by atoms with Crippen molar-refractivity contribution < 1.29 is 10.2 Å². The zero-order valence-corrected chi connectivity index (χ0v) is 11.8. The smallest absolute Gasteiger partial charge is 0.0787 e.